The molecule has 0 fully saturated rings. The second kappa shape index (κ2) is 6.08. The minimum atomic E-state index is -2.13. The quantitative estimate of drug-likeness (QED) is 0.639. The van der Waals surface area contributed by atoms with E-state index in [1.54, 1.807) is 0 Å². The third kappa shape index (κ3) is 3.08. The average Bonchev–Trinajstić information content (AvgIpc) is 2.94. The first-order chi connectivity index (χ1) is 8.59. The van der Waals surface area contributed by atoms with Gasteiger partial charge in [0.2, 0.25) is 0 Å². The van der Waals surface area contributed by atoms with Gasteiger partial charge in [-0.2, -0.15) is 0 Å². The summed E-state index contributed by atoms with van der Waals surface area (Å²) < 4.78 is 49.5. The van der Waals surface area contributed by atoms with Gasteiger partial charge in [-0.1, -0.05) is 0 Å². The topological polar surface area (TPSA) is 101 Å². The molecule has 2 heterocycles. The highest BCUT2D eigenvalue weighted by molar-refractivity contribution is 8.76. The Morgan fingerprint density at radius 2 is 1.22 bits per heavy atom. The summed E-state index contributed by atoms with van der Waals surface area (Å²) >= 11 is -4.27. The van der Waals surface area contributed by atoms with Crippen LogP contribution in [0.25, 0.3) is 0 Å². The van der Waals surface area contributed by atoms with Crippen molar-refractivity contribution in [1.29, 1.82) is 0 Å². The van der Waals surface area contributed by atoms with Gasteiger partial charge in [-0.05, 0) is 21.6 Å². The van der Waals surface area contributed by atoms with Crippen molar-refractivity contribution in [2.45, 2.75) is 19.6 Å². The van der Waals surface area contributed by atoms with Gasteiger partial charge in [-0.3, -0.25) is 0 Å². The maximum absolute atomic E-state index is 10.9. The van der Waals surface area contributed by atoms with Crippen molar-refractivity contribution in [3.8, 4) is 0 Å². The second-order valence-electron chi connectivity index (χ2n) is 2.87. The molecular weight excluding hydrogens is 320 g/mol. The Balaban J connectivity index is 2.12. The molecule has 2 atom stereocenters. The highest BCUT2D eigenvalue weighted by Gasteiger charge is 2.16. The van der Waals surface area contributed by atoms with Crippen LogP contribution in [-0.4, -0.2) is 17.5 Å². The van der Waals surface area contributed by atoms with Crippen LogP contribution >= 0.6 is 21.6 Å². The van der Waals surface area contributed by atoms with E-state index in [4.69, 9.17) is 17.9 Å². The summed E-state index contributed by atoms with van der Waals surface area (Å²) in [5, 5.41) is 0. The molecule has 0 amide bonds. The van der Waals surface area contributed by atoms with E-state index in [2.05, 4.69) is 0 Å². The minimum Gasteiger partial charge on any atom is -0.470 e. The van der Waals surface area contributed by atoms with Gasteiger partial charge < -0.3 is 17.9 Å². The van der Waals surface area contributed by atoms with Crippen LogP contribution in [0.1, 0.15) is 0 Å². The summed E-state index contributed by atoms with van der Waals surface area (Å²) in [6, 6.07) is 0. The molecule has 18 heavy (non-hydrogen) atoms. The molecule has 0 radical (unpaired) electrons. The van der Waals surface area contributed by atoms with Gasteiger partial charge in [0.1, 0.15) is 34.8 Å². The van der Waals surface area contributed by atoms with Crippen molar-refractivity contribution in [2.24, 2.45) is 0 Å². The Morgan fingerprint density at radius 3 is 1.56 bits per heavy atom. The van der Waals surface area contributed by atoms with Crippen molar-refractivity contribution in [3.63, 3.8) is 0 Å². The van der Waals surface area contributed by atoms with Crippen LogP contribution in [0.15, 0.2) is 53.5 Å². The fraction of sp³-hybridized carbons (Fsp3) is 0. The Hall–Kier alpha value is -0.520. The lowest BCUT2D eigenvalue weighted by Gasteiger charge is -1.98. The van der Waals surface area contributed by atoms with Gasteiger partial charge in [0.25, 0.3) is 0 Å². The van der Waals surface area contributed by atoms with Crippen LogP contribution < -0.4 is 0 Å². The zero-order valence-corrected chi connectivity index (χ0v) is 11.7. The molecular formula is C8H6O6S4. The van der Waals surface area contributed by atoms with E-state index in [1.165, 1.54) is 25.1 Å². The molecule has 0 aliphatic carbocycles. The second-order valence-corrected chi connectivity index (χ2v) is 6.95. The Morgan fingerprint density at radius 1 is 0.833 bits per heavy atom. The lowest BCUT2D eigenvalue weighted by atomic mass is 10.7. The van der Waals surface area contributed by atoms with E-state index < -0.39 is 22.2 Å². The molecule has 0 spiro atoms. The van der Waals surface area contributed by atoms with E-state index >= 15 is 0 Å². The van der Waals surface area contributed by atoms with Gasteiger partial charge >= 0.3 is 0 Å². The lowest BCUT2D eigenvalue weighted by molar-refractivity contribution is 0.545. The minimum absolute atomic E-state index is 0.155. The molecule has 98 valence electrons. The van der Waals surface area contributed by atoms with Crippen molar-refractivity contribution in [1.82, 2.24) is 0 Å². The fourth-order valence-corrected chi connectivity index (χ4v) is 4.67. The predicted molar refractivity (Wildman–Crippen MR) is 67.2 cm³/mol. The summed E-state index contributed by atoms with van der Waals surface area (Å²) in [4.78, 5) is 1.25. The molecule has 2 unspecified atom stereocenters. The standard InChI is InChI=1S/C8H6O6S4/c9-17(10)7-3-13-1-5(7)15-16-6-2-14-4-8(6)18(11)12/h1-4H,(H,9,10)(H,11,12). The molecule has 6 nitrogen and oxygen atoms in total. The van der Waals surface area contributed by atoms with Crippen molar-refractivity contribution >= 4 is 43.7 Å². The van der Waals surface area contributed by atoms with Gasteiger partial charge in [-0.15, -0.1) is 0 Å². The number of rotatable bonds is 5. The van der Waals surface area contributed by atoms with E-state index in [0.29, 0.717) is 9.79 Å². The highest BCUT2D eigenvalue weighted by Crippen LogP contribution is 2.42. The summed E-state index contributed by atoms with van der Waals surface area (Å²) in [5.41, 5.74) is 0. The van der Waals surface area contributed by atoms with Crippen LogP contribution in [0.5, 0.6) is 0 Å². The first-order valence-electron chi connectivity index (χ1n) is 4.28. The highest BCUT2D eigenvalue weighted by atomic mass is 33.1. The van der Waals surface area contributed by atoms with Crippen molar-refractivity contribution in [2.75, 3.05) is 0 Å². The van der Waals surface area contributed by atoms with Gasteiger partial charge in [0.05, 0.1) is 9.79 Å². The molecule has 0 aromatic carbocycles. The lowest BCUT2D eigenvalue weighted by Crippen LogP contribution is -1.87. The third-order valence-electron chi connectivity index (χ3n) is 1.78. The number of furan rings is 2. The average molecular weight is 326 g/mol. The SMILES string of the molecule is O=S(O)c1cocc1SSc1cocc1S(=O)O. The monoisotopic (exact) mass is 326 g/mol. The number of hydrogen-bond donors (Lipinski definition) is 2. The predicted octanol–water partition coefficient (Wildman–Crippen LogP) is 2.83. The maximum Gasteiger partial charge on any atom is 0.191 e. The molecule has 2 N–H and O–H groups in total. The molecule has 0 aliphatic rings. The molecule has 2 aromatic heterocycles. The fourth-order valence-electron chi connectivity index (χ4n) is 1.01. The Labute approximate surface area is 114 Å². The molecule has 2 rings (SSSR count). The van der Waals surface area contributed by atoms with E-state index in [1.807, 2.05) is 0 Å². The zero-order valence-electron chi connectivity index (χ0n) is 8.47. The summed E-state index contributed by atoms with van der Waals surface area (Å²) in [6.45, 7) is 0. The largest absolute Gasteiger partial charge is 0.470 e. The summed E-state index contributed by atoms with van der Waals surface area (Å²) in [5.74, 6) is 0. The Kier molecular flexibility index (Phi) is 4.70. The zero-order chi connectivity index (χ0) is 13.1. The smallest absolute Gasteiger partial charge is 0.191 e. The van der Waals surface area contributed by atoms with Crippen LogP contribution in [-0.2, 0) is 22.2 Å². The molecule has 0 saturated carbocycles. The molecule has 0 bridgehead atoms. The molecule has 0 saturated heterocycles. The normalized spacial score (nSPS) is 14.6. The molecule has 10 heteroatoms. The molecule has 0 aliphatic heterocycles. The van der Waals surface area contributed by atoms with Gasteiger partial charge in [0, 0.05) is 0 Å². The van der Waals surface area contributed by atoms with Crippen LogP contribution in [0.4, 0.5) is 0 Å². The van der Waals surface area contributed by atoms with Crippen LogP contribution in [0.2, 0.25) is 0 Å². The Bertz CT molecular complexity index is 536. The van der Waals surface area contributed by atoms with Gasteiger partial charge in [-0.25, -0.2) is 8.42 Å². The maximum atomic E-state index is 10.9. The first kappa shape index (κ1) is 13.9. The third-order valence-corrected chi connectivity index (χ3v) is 5.83. The van der Waals surface area contributed by atoms with Crippen LogP contribution in [0, 0.1) is 0 Å². The summed E-state index contributed by atoms with van der Waals surface area (Å²) in [6.07, 6.45) is 5.02. The number of hydrogen-bond acceptors (Lipinski definition) is 6. The van der Waals surface area contributed by atoms with E-state index in [-0.39, 0.29) is 9.79 Å². The molecule has 2 aromatic rings. The van der Waals surface area contributed by atoms with Gasteiger partial charge in [0.15, 0.2) is 22.2 Å². The van der Waals surface area contributed by atoms with E-state index in [0.717, 1.165) is 21.6 Å². The van der Waals surface area contributed by atoms with E-state index in [9.17, 15) is 8.42 Å². The van der Waals surface area contributed by atoms with Crippen LogP contribution in [0.3, 0.4) is 0 Å². The van der Waals surface area contributed by atoms with Crippen molar-refractivity contribution in [3.05, 3.63) is 25.1 Å². The first-order valence-corrected chi connectivity index (χ1v) is 8.64. The summed E-state index contributed by atoms with van der Waals surface area (Å²) in [7, 11) is 2.27. The van der Waals surface area contributed by atoms with Crippen molar-refractivity contribution < 1.29 is 26.4 Å².